The molecule has 0 radical (unpaired) electrons. The Bertz CT molecular complexity index is 336. The average Bonchev–Trinajstić information content (AvgIpc) is 2.28. The Balaban J connectivity index is 2.96. The van der Waals surface area contributed by atoms with Crippen molar-refractivity contribution in [3.63, 3.8) is 0 Å². The van der Waals surface area contributed by atoms with Crippen LogP contribution in [0.3, 0.4) is 0 Å². The fourth-order valence-corrected chi connectivity index (χ4v) is 1.76. The van der Waals surface area contributed by atoms with Gasteiger partial charge in [-0.2, -0.15) is 5.26 Å². The Kier molecular flexibility index (Phi) is 4.11. The lowest BCUT2D eigenvalue weighted by Crippen LogP contribution is -2.29. The lowest BCUT2D eigenvalue weighted by atomic mass is 9.99. The number of nitrogens with zero attached hydrogens (tertiary/aromatic N) is 1. The van der Waals surface area contributed by atoms with Gasteiger partial charge in [0.05, 0.1) is 6.07 Å². The van der Waals surface area contributed by atoms with Gasteiger partial charge in [-0.15, -0.1) is 0 Å². The van der Waals surface area contributed by atoms with Crippen LogP contribution in [0.4, 0.5) is 0 Å². The van der Waals surface area contributed by atoms with Crippen molar-refractivity contribution in [2.24, 2.45) is 0 Å². The fourth-order valence-electron chi connectivity index (χ4n) is 1.06. The minimum Gasteiger partial charge on any atom is -0.386 e. The molecule has 0 amide bonds. The standard InChI is InChI=1S/C10H9Br2NO/c11-6-10(12,7-13)9(14)8-4-2-1-3-5-8/h1-5,9,14H,6H2. The van der Waals surface area contributed by atoms with Gasteiger partial charge in [0.25, 0.3) is 0 Å². The lowest BCUT2D eigenvalue weighted by Gasteiger charge is -2.23. The molecule has 2 unspecified atom stereocenters. The van der Waals surface area contributed by atoms with Crippen LogP contribution in [0.5, 0.6) is 0 Å². The van der Waals surface area contributed by atoms with Crippen LogP contribution in [0.25, 0.3) is 0 Å². The summed E-state index contributed by atoms with van der Waals surface area (Å²) < 4.78 is -0.964. The predicted molar refractivity (Wildman–Crippen MR) is 62.5 cm³/mol. The molecule has 74 valence electrons. The second kappa shape index (κ2) is 4.92. The maximum absolute atomic E-state index is 9.94. The summed E-state index contributed by atoms with van der Waals surface area (Å²) in [6.45, 7) is 0. The number of hydrogen-bond donors (Lipinski definition) is 1. The summed E-state index contributed by atoms with van der Waals surface area (Å²) >= 11 is 6.43. The van der Waals surface area contributed by atoms with E-state index in [2.05, 4.69) is 31.9 Å². The van der Waals surface area contributed by atoms with E-state index >= 15 is 0 Å². The van der Waals surface area contributed by atoms with E-state index in [0.717, 1.165) is 5.56 Å². The van der Waals surface area contributed by atoms with Crippen LogP contribution < -0.4 is 0 Å². The molecule has 0 saturated heterocycles. The largest absolute Gasteiger partial charge is 0.386 e. The quantitative estimate of drug-likeness (QED) is 0.871. The topological polar surface area (TPSA) is 44.0 Å². The monoisotopic (exact) mass is 317 g/mol. The molecule has 0 saturated carbocycles. The van der Waals surface area contributed by atoms with Gasteiger partial charge in [0.2, 0.25) is 0 Å². The molecule has 0 aliphatic rings. The van der Waals surface area contributed by atoms with Gasteiger partial charge in [-0.05, 0) is 5.56 Å². The van der Waals surface area contributed by atoms with E-state index in [4.69, 9.17) is 5.26 Å². The van der Waals surface area contributed by atoms with E-state index in [1.54, 1.807) is 12.1 Å². The number of benzene rings is 1. The van der Waals surface area contributed by atoms with Crippen molar-refractivity contribution in [3.8, 4) is 6.07 Å². The molecular weight excluding hydrogens is 310 g/mol. The first kappa shape index (κ1) is 11.7. The highest BCUT2D eigenvalue weighted by molar-refractivity contribution is 9.12. The summed E-state index contributed by atoms with van der Waals surface area (Å²) in [5.41, 5.74) is 0.727. The minimum absolute atomic E-state index is 0.368. The summed E-state index contributed by atoms with van der Waals surface area (Å²) in [6.07, 6.45) is -0.840. The van der Waals surface area contributed by atoms with E-state index in [0.29, 0.717) is 5.33 Å². The van der Waals surface area contributed by atoms with Gasteiger partial charge in [0.1, 0.15) is 6.10 Å². The number of nitriles is 1. The molecule has 1 aromatic rings. The van der Waals surface area contributed by atoms with E-state index in [-0.39, 0.29) is 0 Å². The van der Waals surface area contributed by atoms with Gasteiger partial charge in [-0.1, -0.05) is 62.2 Å². The Hall–Kier alpha value is -0.370. The van der Waals surface area contributed by atoms with Crippen molar-refractivity contribution in [2.45, 2.75) is 10.4 Å². The summed E-state index contributed by atoms with van der Waals surface area (Å²) in [4.78, 5) is 0. The molecule has 1 aromatic carbocycles. The number of aliphatic hydroxyl groups is 1. The molecule has 0 bridgehead atoms. The normalized spacial score (nSPS) is 16.7. The molecule has 0 spiro atoms. The summed E-state index contributed by atoms with van der Waals surface area (Å²) in [7, 11) is 0. The van der Waals surface area contributed by atoms with Gasteiger partial charge in [0, 0.05) is 5.33 Å². The van der Waals surface area contributed by atoms with Gasteiger partial charge in [-0.25, -0.2) is 0 Å². The molecule has 2 atom stereocenters. The van der Waals surface area contributed by atoms with Crippen LogP contribution in [0.2, 0.25) is 0 Å². The van der Waals surface area contributed by atoms with Crippen LogP contribution in [-0.2, 0) is 0 Å². The van der Waals surface area contributed by atoms with Gasteiger partial charge in [0.15, 0.2) is 4.32 Å². The number of aliphatic hydroxyl groups excluding tert-OH is 1. The third-order valence-corrected chi connectivity index (χ3v) is 4.46. The summed E-state index contributed by atoms with van der Waals surface area (Å²) in [5, 5.41) is 19.2. The second-order valence-electron chi connectivity index (χ2n) is 2.92. The molecular formula is C10H9Br2NO. The minimum atomic E-state index is -0.964. The SMILES string of the molecule is N#CC(Br)(CBr)C(O)c1ccccc1. The van der Waals surface area contributed by atoms with E-state index in [1.807, 2.05) is 24.3 Å². The number of halogens is 2. The highest BCUT2D eigenvalue weighted by Gasteiger charge is 2.35. The molecule has 1 rings (SSSR count). The Morgan fingerprint density at radius 2 is 2.00 bits per heavy atom. The molecule has 0 fully saturated rings. The first-order chi connectivity index (χ1) is 6.64. The molecule has 0 aliphatic heterocycles. The highest BCUT2D eigenvalue weighted by atomic mass is 79.9. The van der Waals surface area contributed by atoms with Crippen LogP contribution in [0.1, 0.15) is 11.7 Å². The van der Waals surface area contributed by atoms with Crippen LogP contribution in [0, 0.1) is 11.3 Å². The van der Waals surface area contributed by atoms with Crippen molar-refractivity contribution in [2.75, 3.05) is 5.33 Å². The molecule has 2 nitrogen and oxygen atoms in total. The summed E-state index contributed by atoms with van der Waals surface area (Å²) in [5.74, 6) is 0. The average molecular weight is 319 g/mol. The molecule has 1 N–H and O–H groups in total. The number of rotatable bonds is 3. The van der Waals surface area contributed by atoms with Crippen molar-refractivity contribution < 1.29 is 5.11 Å². The molecule has 0 aromatic heterocycles. The Labute approximate surface area is 99.8 Å². The van der Waals surface area contributed by atoms with E-state index in [1.165, 1.54) is 0 Å². The molecule has 0 heterocycles. The first-order valence-electron chi connectivity index (χ1n) is 4.03. The van der Waals surface area contributed by atoms with Crippen molar-refractivity contribution in [3.05, 3.63) is 35.9 Å². The molecule has 0 aliphatic carbocycles. The van der Waals surface area contributed by atoms with E-state index in [9.17, 15) is 5.11 Å². The Morgan fingerprint density at radius 3 is 2.43 bits per heavy atom. The zero-order valence-corrected chi connectivity index (χ0v) is 10.5. The van der Waals surface area contributed by atoms with Gasteiger partial charge in [-0.3, -0.25) is 0 Å². The van der Waals surface area contributed by atoms with Gasteiger partial charge < -0.3 is 5.11 Å². The van der Waals surface area contributed by atoms with E-state index < -0.39 is 10.4 Å². The number of hydrogen-bond acceptors (Lipinski definition) is 2. The first-order valence-corrected chi connectivity index (χ1v) is 5.94. The van der Waals surface area contributed by atoms with Crippen molar-refractivity contribution in [1.82, 2.24) is 0 Å². The van der Waals surface area contributed by atoms with Crippen molar-refractivity contribution >= 4 is 31.9 Å². The maximum atomic E-state index is 9.94. The third-order valence-electron chi connectivity index (χ3n) is 1.93. The van der Waals surface area contributed by atoms with Crippen LogP contribution in [-0.4, -0.2) is 14.8 Å². The van der Waals surface area contributed by atoms with Crippen LogP contribution in [0.15, 0.2) is 30.3 Å². The lowest BCUT2D eigenvalue weighted by molar-refractivity contribution is 0.162. The highest BCUT2D eigenvalue weighted by Crippen LogP contribution is 2.34. The van der Waals surface area contributed by atoms with Crippen molar-refractivity contribution in [1.29, 1.82) is 5.26 Å². The number of alkyl halides is 2. The second-order valence-corrected chi connectivity index (χ2v) is 4.90. The summed E-state index contributed by atoms with van der Waals surface area (Å²) in [6, 6.07) is 11.2. The molecule has 14 heavy (non-hydrogen) atoms. The zero-order chi connectivity index (χ0) is 10.6. The predicted octanol–water partition coefficient (Wildman–Crippen LogP) is 2.77. The Morgan fingerprint density at radius 1 is 1.43 bits per heavy atom. The third kappa shape index (κ3) is 2.35. The maximum Gasteiger partial charge on any atom is 0.151 e. The molecule has 4 heteroatoms. The zero-order valence-electron chi connectivity index (χ0n) is 7.32. The van der Waals surface area contributed by atoms with Crippen LogP contribution >= 0.6 is 31.9 Å². The smallest absolute Gasteiger partial charge is 0.151 e. The van der Waals surface area contributed by atoms with Gasteiger partial charge >= 0.3 is 0 Å². The fraction of sp³-hybridized carbons (Fsp3) is 0.300.